The maximum atomic E-state index is 13.8. The fourth-order valence-electron chi connectivity index (χ4n) is 4.24. The summed E-state index contributed by atoms with van der Waals surface area (Å²) in [6.07, 6.45) is 3.77. The first-order chi connectivity index (χ1) is 20.1. The lowest BCUT2D eigenvalue weighted by Gasteiger charge is -2.12. The maximum Gasteiger partial charge on any atom is 0.231 e. The first-order valence-electron chi connectivity index (χ1n) is 13.4. The van der Waals surface area contributed by atoms with Crippen molar-refractivity contribution < 1.29 is 23.4 Å². The average molecular weight is 568 g/mol. The Balaban J connectivity index is 1.46. The van der Waals surface area contributed by atoms with Crippen LogP contribution < -0.4 is 14.2 Å². The number of allylic oxidation sites excluding steroid dienone is 1. The Hall–Kier alpha value is -4.55. The largest absolute Gasteiger partial charge is 0.494 e. The van der Waals surface area contributed by atoms with Crippen molar-refractivity contribution in [3.8, 4) is 17.2 Å². The molecule has 0 saturated carbocycles. The molecule has 0 radical (unpaired) electrons. The summed E-state index contributed by atoms with van der Waals surface area (Å²) in [5.41, 5.74) is 3.66. The van der Waals surface area contributed by atoms with Crippen molar-refractivity contribution in [2.75, 3.05) is 13.7 Å². The summed E-state index contributed by atoms with van der Waals surface area (Å²) in [5, 5.41) is 0.632. The second-order valence-corrected chi connectivity index (χ2v) is 9.80. The molecule has 4 aromatic carbocycles. The first-order valence-corrected chi connectivity index (χ1v) is 13.8. The van der Waals surface area contributed by atoms with E-state index in [1.54, 1.807) is 43.5 Å². The number of ether oxygens (including phenoxy) is 3. The molecule has 0 amide bonds. The Labute approximate surface area is 244 Å². The number of Topliss-reactive ketones (excluding diaryl/α,β-unsaturated/α-hetero) is 1. The number of hydrogen-bond donors (Lipinski definition) is 0. The fourth-order valence-corrected chi connectivity index (χ4v) is 4.43. The van der Waals surface area contributed by atoms with Crippen molar-refractivity contribution in [1.82, 2.24) is 4.98 Å². The van der Waals surface area contributed by atoms with Crippen LogP contribution >= 0.6 is 11.6 Å². The van der Waals surface area contributed by atoms with Crippen LogP contribution in [-0.4, -0.2) is 24.5 Å². The normalized spacial score (nSPS) is 11.4. The maximum absolute atomic E-state index is 13.8. The van der Waals surface area contributed by atoms with E-state index in [-0.39, 0.29) is 18.3 Å². The zero-order chi connectivity index (χ0) is 28.6. The third-order valence-electron chi connectivity index (χ3n) is 6.49. The van der Waals surface area contributed by atoms with Gasteiger partial charge in [-0.05, 0) is 72.7 Å². The van der Waals surface area contributed by atoms with E-state index in [1.807, 2.05) is 60.7 Å². The van der Waals surface area contributed by atoms with Crippen LogP contribution in [0, 0.1) is 0 Å². The number of benzene rings is 4. The average Bonchev–Trinajstić information content (AvgIpc) is 3.44. The Kier molecular flexibility index (Phi) is 9.02. The lowest BCUT2D eigenvalue weighted by Crippen LogP contribution is -2.04. The lowest BCUT2D eigenvalue weighted by molar-refractivity contribution is 0.105. The summed E-state index contributed by atoms with van der Waals surface area (Å²) in [7, 11) is 1.57. The summed E-state index contributed by atoms with van der Waals surface area (Å²) in [6, 6.07) is 27.5. The predicted octanol–water partition coefficient (Wildman–Crippen LogP) is 8.67. The molecule has 5 rings (SSSR count). The van der Waals surface area contributed by atoms with Crippen LogP contribution in [0.25, 0.3) is 22.7 Å². The zero-order valence-corrected chi connectivity index (χ0v) is 23.7. The number of para-hydroxylation sites is 2. The van der Waals surface area contributed by atoms with Gasteiger partial charge in [0.25, 0.3) is 0 Å². The minimum absolute atomic E-state index is 0.227. The predicted molar refractivity (Wildman–Crippen MR) is 162 cm³/mol. The van der Waals surface area contributed by atoms with Crippen molar-refractivity contribution >= 4 is 40.1 Å². The highest BCUT2D eigenvalue weighted by atomic mass is 35.5. The van der Waals surface area contributed by atoms with Gasteiger partial charge in [-0.25, -0.2) is 4.98 Å². The Bertz CT molecular complexity index is 1640. The summed E-state index contributed by atoms with van der Waals surface area (Å²) in [5.74, 6) is 1.80. The van der Waals surface area contributed by atoms with E-state index in [9.17, 15) is 4.79 Å². The molecule has 1 aromatic heterocycles. The molecule has 0 saturated heterocycles. The van der Waals surface area contributed by atoms with E-state index in [1.165, 1.54) is 0 Å². The number of hydrogen-bond acceptors (Lipinski definition) is 6. The fraction of sp³-hybridized carbons (Fsp3) is 0.176. The summed E-state index contributed by atoms with van der Waals surface area (Å²) >= 11 is 6.28. The van der Waals surface area contributed by atoms with Gasteiger partial charge in [0, 0.05) is 16.1 Å². The van der Waals surface area contributed by atoms with E-state index in [0.717, 1.165) is 29.7 Å². The van der Waals surface area contributed by atoms with Gasteiger partial charge in [0.1, 0.15) is 17.9 Å². The number of ketones is 1. The highest BCUT2D eigenvalue weighted by Crippen LogP contribution is 2.32. The second kappa shape index (κ2) is 13.2. The Morgan fingerprint density at radius 2 is 1.71 bits per heavy atom. The monoisotopic (exact) mass is 567 g/mol. The molecule has 0 unspecified atom stereocenters. The number of unbranched alkanes of at least 4 members (excludes halogenated alkanes) is 1. The van der Waals surface area contributed by atoms with Gasteiger partial charge in [0.15, 0.2) is 22.9 Å². The van der Waals surface area contributed by atoms with Crippen molar-refractivity contribution in [1.29, 1.82) is 0 Å². The number of rotatable bonds is 12. The van der Waals surface area contributed by atoms with Crippen LogP contribution in [0.1, 0.15) is 47.1 Å². The van der Waals surface area contributed by atoms with Gasteiger partial charge >= 0.3 is 0 Å². The molecule has 0 aliphatic heterocycles. The molecular weight excluding hydrogens is 538 g/mol. The molecule has 0 aliphatic rings. The van der Waals surface area contributed by atoms with Crippen LogP contribution in [0.15, 0.2) is 95.4 Å². The van der Waals surface area contributed by atoms with E-state index in [4.69, 9.17) is 30.2 Å². The van der Waals surface area contributed by atoms with Crippen LogP contribution in [0.5, 0.6) is 17.2 Å². The van der Waals surface area contributed by atoms with Gasteiger partial charge < -0.3 is 18.6 Å². The minimum Gasteiger partial charge on any atom is -0.494 e. The molecule has 0 bridgehead atoms. The third kappa shape index (κ3) is 6.79. The SMILES string of the molecule is CCCCOc1ccc(C(=O)/C(=C/c2ccc(OCc3ccccc3Cl)c(OC)c2)c2nc3ccccc3o2)cc1. The van der Waals surface area contributed by atoms with Crippen LogP contribution in [-0.2, 0) is 6.61 Å². The molecule has 208 valence electrons. The number of carbonyl (C=O) groups is 1. The molecule has 1 heterocycles. The summed E-state index contributed by atoms with van der Waals surface area (Å²) in [4.78, 5) is 18.4. The van der Waals surface area contributed by atoms with Gasteiger partial charge in [-0.15, -0.1) is 0 Å². The molecule has 0 N–H and O–H groups in total. The van der Waals surface area contributed by atoms with Gasteiger partial charge in [0.05, 0.1) is 19.3 Å². The third-order valence-corrected chi connectivity index (χ3v) is 6.86. The number of fused-ring (bicyclic) bond motifs is 1. The number of carbonyl (C=O) groups excluding carboxylic acids is 1. The quantitative estimate of drug-likeness (QED) is 0.0853. The number of aromatic nitrogens is 1. The summed E-state index contributed by atoms with van der Waals surface area (Å²) < 4.78 is 23.4. The van der Waals surface area contributed by atoms with Crippen LogP contribution in [0.2, 0.25) is 5.02 Å². The topological polar surface area (TPSA) is 70.8 Å². The van der Waals surface area contributed by atoms with Crippen LogP contribution in [0.4, 0.5) is 0 Å². The molecule has 0 spiro atoms. The second-order valence-electron chi connectivity index (χ2n) is 9.39. The number of methoxy groups -OCH3 is 1. The highest BCUT2D eigenvalue weighted by molar-refractivity contribution is 6.32. The molecular formula is C34H30ClNO5. The number of halogens is 1. The molecule has 41 heavy (non-hydrogen) atoms. The molecule has 5 aromatic rings. The van der Waals surface area contributed by atoms with Gasteiger partial charge in [-0.1, -0.05) is 61.3 Å². The van der Waals surface area contributed by atoms with E-state index in [0.29, 0.717) is 45.4 Å². The van der Waals surface area contributed by atoms with Crippen LogP contribution in [0.3, 0.4) is 0 Å². The standard InChI is InChI=1S/C34H30ClNO5/c1-3-4-19-39-26-16-14-24(15-17-26)33(37)27(34-36-29-11-7-8-12-30(29)41-34)20-23-13-18-31(32(21-23)38-2)40-22-25-9-5-6-10-28(25)35/h5-18,20-21H,3-4,19,22H2,1-2H3/b27-20-. The van der Waals surface area contributed by atoms with Gasteiger partial charge in [0.2, 0.25) is 5.89 Å². The molecule has 7 heteroatoms. The van der Waals surface area contributed by atoms with Crippen molar-refractivity contribution in [3.05, 3.63) is 119 Å². The lowest BCUT2D eigenvalue weighted by atomic mass is 10.0. The Morgan fingerprint density at radius 1 is 0.927 bits per heavy atom. The number of oxazole rings is 1. The molecule has 0 aliphatic carbocycles. The zero-order valence-electron chi connectivity index (χ0n) is 22.9. The number of nitrogens with zero attached hydrogens (tertiary/aromatic N) is 1. The first kappa shape index (κ1) is 28.0. The molecule has 0 atom stereocenters. The minimum atomic E-state index is -0.227. The summed E-state index contributed by atoms with van der Waals surface area (Å²) in [6.45, 7) is 3.04. The van der Waals surface area contributed by atoms with E-state index < -0.39 is 0 Å². The van der Waals surface area contributed by atoms with Crippen molar-refractivity contribution in [3.63, 3.8) is 0 Å². The van der Waals surface area contributed by atoms with E-state index >= 15 is 0 Å². The highest BCUT2D eigenvalue weighted by Gasteiger charge is 2.21. The smallest absolute Gasteiger partial charge is 0.231 e. The molecule has 0 fully saturated rings. The molecule has 6 nitrogen and oxygen atoms in total. The Morgan fingerprint density at radius 3 is 2.46 bits per heavy atom. The van der Waals surface area contributed by atoms with E-state index in [2.05, 4.69) is 11.9 Å². The van der Waals surface area contributed by atoms with Gasteiger partial charge in [-0.3, -0.25) is 4.79 Å². The van der Waals surface area contributed by atoms with Crippen molar-refractivity contribution in [2.24, 2.45) is 0 Å². The van der Waals surface area contributed by atoms with Gasteiger partial charge in [-0.2, -0.15) is 0 Å². The van der Waals surface area contributed by atoms with Crippen molar-refractivity contribution in [2.45, 2.75) is 26.4 Å².